The van der Waals surface area contributed by atoms with Crippen LogP contribution in [0.3, 0.4) is 0 Å². The number of ether oxygens (including phenoxy) is 1. The van der Waals surface area contributed by atoms with Crippen LogP contribution >= 0.6 is 0 Å². The van der Waals surface area contributed by atoms with Gasteiger partial charge in [0.15, 0.2) is 0 Å². The molecule has 0 saturated heterocycles. The van der Waals surface area contributed by atoms with Gasteiger partial charge in [0.1, 0.15) is 5.75 Å². The number of benzene rings is 1. The molecule has 4 fully saturated rings. The van der Waals surface area contributed by atoms with Gasteiger partial charge >= 0.3 is 0 Å². The lowest BCUT2D eigenvalue weighted by molar-refractivity contribution is -0.136. The zero-order chi connectivity index (χ0) is 21.0. The van der Waals surface area contributed by atoms with E-state index in [4.69, 9.17) is 4.74 Å². The molecule has 4 aliphatic rings. The predicted molar refractivity (Wildman–Crippen MR) is 112 cm³/mol. The van der Waals surface area contributed by atoms with Crippen LogP contribution in [-0.4, -0.2) is 40.1 Å². The summed E-state index contributed by atoms with van der Waals surface area (Å²) in [6.45, 7) is 0. The second-order valence-electron chi connectivity index (χ2n) is 9.44. The van der Waals surface area contributed by atoms with Gasteiger partial charge in [-0.15, -0.1) is 0 Å². The summed E-state index contributed by atoms with van der Waals surface area (Å²) in [5, 5.41) is 14.0. The summed E-state index contributed by atoms with van der Waals surface area (Å²) in [4.78, 5) is 25.9. The van der Waals surface area contributed by atoms with Crippen LogP contribution < -0.4 is 10.1 Å². The quantitative estimate of drug-likeness (QED) is 0.746. The summed E-state index contributed by atoms with van der Waals surface area (Å²) in [7, 11) is 3.34. The zero-order valence-corrected chi connectivity index (χ0v) is 17.4. The van der Waals surface area contributed by atoms with Crippen LogP contribution in [0.15, 0.2) is 36.5 Å². The van der Waals surface area contributed by atoms with Crippen molar-refractivity contribution < 1.29 is 19.4 Å². The van der Waals surface area contributed by atoms with Crippen LogP contribution in [0.1, 0.15) is 58.5 Å². The van der Waals surface area contributed by atoms with Crippen molar-refractivity contribution >= 4 is 11.7 Å². The molecule has 30 heavy (non-hydrogen) atoms. The highest BCUT2D eigenvalue weighted by Gasteiger charge is 2.55. The van der Waals surface area contributed by atoms with Crippen molar-refractivity contribution in [3.8, 4) is 5.75 Å². The lowest BCUT2D eigenvalue weighted by atomic mass is 9.52. The summed E-state index contributed by atoms with van der Waals surface area (Å²) in [6.07, 6.45) is 6.49. The second-order valence-corrected chi connectivity index (χ2v) is 9.44. The van der Waals surface area contributed by atoms with Crippen molar-refractivity contribution in [3.05, 3.63) is 53.3 Å². The molecule has 4 aliphatic carbocycles. The topological polar surface area (TPSA) is 80.6 Å². The van der Waals surface area contributed by atoms with E-state index in [0.717, 1.165) is 32.1 Å². The van der Waals surface area contributed by atoms with Crippen LogP contribution in [0.4, 0.5) is 0 Å². The molecule has 1 aromatic heterocycles. The number of carbonyl (C=O) groups is 2. The first-order valence-electron chi connectivity index (χ1n) is 10.7. The number of nitrogens with zero attached hydrogens (tertiary/aromatic N) is 1. The third kappa shape index (κ3) is 3.14. The Hall–Kier alpha value is -2.60. The molecule has 1 heterocycles. The number of aromatic nitrogens is 1. The maximum atomic E-state index is 13.1. The maximum absolute atomic E-state index is 13.1. The third-order valence-corrected chi connectivity index (χ3v) is 7.42. The van der Waals surface area contributed by atoms with E-state index < -0.39 is 5.60 Å². The second kappa shape index (κ2) is 6.98. The van der Waals surface area contributed by atoms with Crippen LogP contribution in [0.5, 0.6) is 5.75 Å². The number of hydrogen-bond acceptors (Lipinski definition) is 4. The van der Waals surface area contributed by atoms with Crippen molar-refractivity contribution in [3.63, 3.8) is 0 Å². The Kier molecular flexibility index (Phi) is 4.51. The number of carbonyl (C=O) groups excluding carboxylic acids is 2. The molecule has 6 nitrogen and oxygen atoms in total. The highest BCUT2D eigenvalue weighted by Crippen LogP contribution is 2.55. The summed E-state index contributed by atoms with van der Waals surface area (Å²) < 4.78 is 7.24. The number of aryl methyl sites for hydroxylation is 1. The Labute approximate surface area is 176 Å². The fourth-order valence-electron chi connectivity index (χ4n) is 6.31. The number of amides is 1. The average Bonchev–Trinajstić information content (AvgIpc) is 3.14. The van der Waals surface area contributed by atoms with Crippen LogP contribution in [0.2, 0.25) is 0 Å². The van der Waals surface area contributed by atoms with Crippen LogP contribution in [-0.2, 0) is 7.05 Å². The fraction of sp³-hybridized carbons (Fsp3) is 0.500. The van der Waals surface area contributed by atoms with E-state index in [1.807, 2.05) is 19.3 Å². The number of aliphatic hydroxyl groups is 1. The first kappa shape index (κ1) is 19.4. The van der Waals surface area contributed by atoms with E-state index in [0.29, 0.717) is 40.3 Å². The molecule has 4 saturated carbocycles. The lowest BCUT2D eigenvalue weighted by Gasteiger charge is -2.58. The molecule has 0 radical (unpaired) electrons. The van der Waals surface area contributed by atoms with E-state index in [1.165, 1.54) is 7.11 Å². The van der Waals surface area contributed by atoms with Crippen LogP contribution in [0, 0.1) is 17.8 Å². The van der Waals surface area contributed by atoms with Gasteiger partial charge in [-0.1, -0.05) is 0 Å². The van der Waals surface area contributed by atoms with E-state index in [-0.39, 0.29) is 17.7 Å². The van der Waals surface area contributed by atoms with Crippen molar-refractivity contribution in [2.45, 2.75) is 43.7 Å². The van der Waals surface area contributed by atoms with E-state index in [2.05, 4.69) is 5.32 Å². The molecule has 2 unspecified atom stereocenters. The molecule has 2 N–H and O–H groups in total. The monoisotopic (exact) mass is 408 g/mol. The minimum atomic E-state index is -0.519. The molecular weight excluding hydrogens is 380 g/mol. The first-order chi connectivity index (χ1) is 14.4. The van der Waals surface area contributed by atoms with E-state index >= 15 is 0 Å². The predicted octanol–water partition coefficient (Wildman–Crippen LogP) is 2.93. The van der Waals surface area contributed by atoms with Gasteiger partial charge in [0.25, 0.3) is 5.91 Å². The van der Waals surface area contributed by atoms with Crippen LogP contribution in [0.25, 0.3) is 0 Å². The van der Waals surface area contributed by atoms with E-state index in [9.17, 15) is 14.7 Å². The Morgan fingerprint density at radius 3 is 2.50 bits per heavy atom. The van der Waals surface area contributed by atoms with Gasteiger partial charge in [-0.3, -0.25) is 9.59 Å². The summed E-state index contributed by atoms with van der Waals surface area (Å²) >= 11 is 0. The highest BCUT2D eigenvalue weighted by molar-refractivity contribution is 6.09. The van der Waals surface area contributed by atoms with Gasteiger partial charge in [0.05, 0.1) is 24.0 Å². The van der Waals surface area contributed by atoms with Gasteiger partial charge < -0.3 is 19.7 Å². The minimum absolute atomic E-state index is 0.101. The molecule has 0 spiro atoms. The van der Waals surface area contributed by atoms with Gasteiger partial charge in [-0.25, -0.2) is 0 Å². The number of methoxy groups -OCH3 is 1. The zero-order valence-electron chi connectivity index (χ0n) is 17.4. The minimum Gasteiger partial charge on any atom is -0.496 e. The van der Waals surface area contributed by atoms with Crippen molar-refractivity contribution in [2.24, 2.45) is 24.8 Å². The number of nitrogens with one attached hydrogen (secondary N) is 1. The molecule has 158 valence electrons. The largest absolute Gasteiger partial charge is 0.496 e. The smallest absolute Gasteiger partial charge is 0.255 e. The highest BCUT2D eigenvalue weighted by atomic mass is 16.5. The fourth-order valence-corrected chi connectivity index (χ4v) is 6.31. The molecule has 0 aliphatic heterocycles. The molecule has 2 atom stereocenters. The Morgan fingerprint density at radius 2 is 1.90 bits per heavy atom. The summed E-state index contributed by atoms with van der Waals surface area (Å²) in [5.74, 6) is 1.40. The molecule has 2 aromatic rings. The van der Waals surface area contributed by atoms with Gasteiger partial charge in [0.2, 0.25) is 5.78 Å². The van der Waals surface area contributed by atoms with Gasteiger partial charge in [-0.2, -0.15) is 0 Å². The maximum Gasteiger partial charge on any atom is 0.255 e. The summed E-state index contributed by atoms with van der Waals surface area (Å²) in [5.41, 5.74) is 0.991. The normalized spacial score (nSPS) is 31.6. The number of rotatable bonds is 5. The standard InChI is InChI=1S/C24H28N2O4/c1-26-7-3-4-19(26)22(27)15-5-6-18(20(10-15)30-2)23(28)25-21-16-8-14-9-17(21)13-24(29,11-14)12-16/h3-7,10,14,16-17,21,29H,8-9,11-13H2,1-2H3,(H,25,28). The molecule has 6 heteroatoms. The van der Waals surface area contributed by atoms with E-state index in [1.54, 1.807) is 28.8 Å². The van der Waals surface area contributed by atoms with Gasteiger partial charge in [0, 0.05) is 24.8 Å². The molecular formula is C24H28N2O4. The Bertz CT molecular complexity index is 994. The molecule has 6 rings (SSSR count). The number of hydrogen-bond donors (Lipinski definition) is 2. The third-order valence-electron chi connectivity index (χ3n) is 7.42. The van der Waals surface area contributed by atoms with Crippen molar-refractivity contribution in [1.82, 2.24) is 9.88 Å². The first-order valence-corrected chi connectivity index (χ1v) is 10.7. The Morgan fingerprint density at radius 1 is 1.17 bits per heavy atom. The lowest BCUT2D eigenvalue weighted by Crippen LogP contribution is -2.61. The molecule has 1 aromatic carbocycles. The van der Waals surface area contributed by atoms with Gasteiger partial charge in [-0.05, 0) is 80.2 Å². The SMILES string of the molecule is COc1cc(C(=O)c2cccn2C)ccc1C(=O)NC1C2CC3CC1CC(O)(C3)C2. The van der Waals surface area contributed by atoms with Crippen molar-refractivity contribution in [2.75, 3.05) is 7.11 Å². The average molecular weight is 408 g/mol. The number of ketones is 1. The summed E-state index contributed by atoms with van der Waals surface area (Å²) in [6, 6.07) is 8.71. The Balaban J connectivity index is 1.36. The molecule has 1 amide bonds. The molecule has 4 bridgehead atoms. The van der Waals surface area contributed by atoms with Crippen molar-refractivity contribution in [1.29, 1.82) is 0 Å².